The Balaban J connectivity index is 1.66. The van der Waals surface area contributed by atoms with Crippen LogP contribution in [-0.4, -0.2) is 57.5 Å². The fraction of sp³-hybridized carbons (Fsp3) is 0.571. The van der Waals surface area contributed by atoms with Gasteiger partial charge >= 0.3 is 0 Å². The van der Waals surface area contributed by atoms with E-state index in [-0.39, 0.29) is 17.5 Å². The van der Waals surface area contributed by atoms with Crippen molar-refractivity contribution < 1.29 is 14.6 Å². The van der Waals surface area contributed by atoms with Crippen LogP contribution in [0.2, 0.25) is 0 Å². The summed E-state index contributed by atoms with van der Waals surface area (Å²) in [7, 11) is 0. The second-order valence-electron chi connectivity index (χ2n) is 8.41. The monoisotopic (exact) mass is 413 g/mol. The van der Waals surface area contributed by atoms with E-state index in [1.54, 1.807) is 10.8 Å². The van der Waals surface area contributed by atoms with Crippen molar-refractivity contribution in [2.45, 2.75) is 44.7 Å². The average Bonchev–Trinajstić information content (AvgIpc) is 3.46. The Morgan fingerprint density at radius 2 is 2.10 bits per heavy atom. The SMILES string of the molecule is O=C(NC1CC1)c1c(O)n2ncc(C3=CCCNC3)c2n(CC2CCOCC2)c1=O. The van der Waals surface area contributed by atoms with Crippen LogP contribution in [0, 0.1) is 5.92 Å². The van der Waals surface area contributed by atoms with Gasteiger partial charge in [0.05, 0.1) is 6.20 Å². The Bertz CT molecular complexity index is 1060. The number of rotatable bonds is 5. The lowest BCUT2D eigenvalue weighted by molar-refractivity contribution is 0.0611. The van der Waals surface area contributed by atoms with Crippen molar-refractivity contribution in [3.05, 3.63) is 33.8 Å². The summed E-state index contributed by atoms with van der Waals surface area (Å²) in [5, 5.41) is 21.4. The van der Waals surface area contributed by atoms with Gasteiger partial charge in [0.2, 0.25) is 5.88 Å². The molecule has 1 saturated heterocycles. The molecule has 9 heteroatoms. The Morgan fingerprint density at radius 1 is 1.30 bits per heavy atom. The first-order chi connectivity index (χ1) is 14.6. The van der Waals surface area contributed by atoms with Crippen molar-refractivity contribution >= 4 is 17.1 Å². The van der Waals surface area contributed by atoms with E-state index in [0.717, 1.165) is 49.8 Å². The molecular weight excluding hydrogens is 386 g/mol. The number of nitrogens with zero attached hydrogens (tertiary/aromatic N) is 3. The van der Waals surface area contributed by atoms with E-state index >= 15 is 0 Å². The molecule has 9 nitrogen and oxygen atoms in total. The van der Waals surface area contributed by atoms with Gasteiger partial charge in [-0.1, -0.05) is 6.08 Å². The van der Waals surface area contributed by atoms with Crippen molar-refractivity contribution in [3.63, 3.8) is 0 Å². The lowest BCUT2D eigenvalue weighted by Crippen LogP contribution is -2.37. The standard InChI is InChI=1S/C21H27N5O4/c27-18(24-15-3-4-15)17-20(28)25(12-13-5-8-30-9-6-13)19-16(11-23-26(19)21(17)29)14-2-1-7-22-10-14/h2,11,13,15,22,29H,1,3-10,12H2,(H,24,27). The maximum absolute atomic E-state index is 13.5. The number of hydrogen-bond acceptors (Lipinski definition) is 6. The number of aromatic nitrogens is 3. The second kappa shape index (κ2) is 7.88. The Labute approximate surface area is 173 Å². The summed E-state index contributed by atoms with van der Waals surface area (Å²) >= 11 is 0. The lowest BCUT2D eigenvalue weighted by Gasteiger charge is -2.24. The smallest absolute Gasteiger partial charge is 0.270 e. The third kappa shape index (κ3) is 3.52. The van der Waals surface area contributed by atoms with E-state index in [4.69, 9.17) is 4.74 Å². The van der Waals surface area contributed by atoms with Crippen LogP contribution >= 0.6 is 0 Å². The molecule has 3 N–H and O–H groups in total. The zero-order valence-electron chi connectivity index (χ0n) is 16.9. The highest BCUT2D eigenvalue weighted by Crippen LogP contribution is 2.28. The molecular formula is C21H27N5O4. The number of carbonyl (C=O) groups excluding carboxylic acids is 1. The minimum Gasteiger partial charge on any atom is -0.492 e. The number of fused-ring (bicyclic) bond motifs is 1. The van der Waals surface area contributed by atoms with Gasteiger partial charge in [0.25, 0.3) is 11.5 Å². The molecule has 0 bridgehead atoms. The van der Waals surface area contributed by atoms with Crippen LogP contribution < -0.4 is 16.2 Å². The molecule has 0 radical (unpaired) electrons. The molecule has 1 amide bonds. The third-order valence-electron chi connectivity index (χ3n) is 6.18. The zero-order chi connectivity index (χ0) is 20.7. The molecule has 160 valence electrons. The number of ether oxygens (including phenoxy) is 1. The molecule has 30 heavy (non-hydrogen) atoms. The zero-order valence-corrected chi connectivity index (χ0v) is 16.9. The van der Waals surface area contributed by atoms with Gasteiger partial charge in [-0.15, -0.1) is 0 Å². The van der Waals surface area contributed by atoms with Crippen LogP contribution in [0.15, 0.2) is 17.1 Å². The Kier molecular flexibility index (Phi) is 5.08. The van der Waals surface area contributed by atoms with Crippen LogP contribution in [0.4, 0.5) is 0 Å². The molecule has 4 heterocycles. The largest absolute Gasteiger partial charge is 0.492 e. The van der Waals surface area contributed by atoms with Crippen molar-refractivity contribution in [2.75, 3.05) is 26.3 Å². The molecule has 2 fully saturated rings. The van der Waals surface area contributed by atoms with Gasteiger partial charge in [-0.25, -0.2) is 0 Å². The summed E-state index contributed by atoms with van der Waals surface area (Å²) in [5.41, 5.74) is 1.71. The molecule has 5 rings (SSSR count). The highest BCUT2D eigenvalue weighted by Gasteiger charge is 2.31. The van der Waals surface area contributed by atoms with Gasteiger partial charge in [0, 0.05) is 37.9 Å². The van der Waals surface area contributed by atoms with E-state index in [9.17, 15) is 14.7 Å². The summed E-state index contributed by atoms with van der Waals surface area (Å²) in [4.78, 5) is 26.3. The summed E-state index contributed by atoms with van der Waals surface area (Å²) in [5.74, 6) is -0.657. The fourth-order valence-corrected chi connectivity index (χ4v) is 4.31. The van der Waals surface area contributed by atoms with E-state index in [0.29, 0.717) is 32.0 Å². The molecule has 2 aliphatic heterocycles. The minimum atomic E-state index is -0.529. The van der Waals surface area contributed by atoms with E-state index in [2.05, 4.69) is 21.8 Å². The maximum Gasteiger partial charge on any atom is 0.270 e. The van der Waals surface area contributed by atoms with Crippen molar-refractivity contribution in [1.82, 2.24) is 24.8 Å². The molecule has 0 atom stereocenters. The van der Waals surface area contributed by atoms with Crippen molar-refractivity contribution in [1.29, 1.82) is 0 Å². The number of aromatic hydroxyl groups is 1. The van der Waals surface area contributed by atoms with Crippen LogP contribution in [0.25, 0.3) is 11.2 Å². The van der Waals surface area contributed by atoms with Gasteiger partial charge in [0.1, 0.15) is 5.65 Å². The average molecular weight is 413 g/mol. The van der Waals surface area contributed by atoms with Gasteiger partial charge < -0.3 is 20.5 Å². The van der Waals surface area contributed by atoms with Gasteiger partial charge in [-0.2, -0.15) is 9.61 Å². The van der Waals surface area contributed by atoms with Crippen LogP contribution in [-0.2, 0) is 11.3 Å². The molecule has 0 unspecified atom stereocenters. The fourth-order valence-electron chi connectivity index (χ4n) is 4.31. The lowest BCUT2D eigenvalue weighted by atomic mass is 10.00. The van der Waals surface area contributed by atoms with E-state index in [1.807, 2.05) is 0 Å². The quantitative estimate of drug-likeness (QED) is 0.672. The Morgan fingerprint density at radius 3 is 2.80 bits per heavy atom. The predicted octanol–water partition coefficient (Wildman–Crippen LogP) is 0.897. The second-order valence-corrected chi connectivity index (χ2v) is 8.41. The third-order valence-corrected chi connectivity index (χ3v) is 6.18. The Hall–Kier alpha value is -2.65. The molecule has 3 aliphatic rings. The number of hydrogen-bond donors (Lipinski definition) is 3. The molecule has 0 aromatic carbocycles. The number of amides is 1. The van der Waals surface area contributed by atoms with Crippen LogP contribution in [0.5, 0.6) is 5.88 Å². The molecule has 0 spiro atoms. The van der Waals surface area contributed by atoms with Crippen LogP contribution in [0.3, 0.4) is 0 Å². The van der Waals surface area contributed by atoms with Crippen molar-refractivity contribution in [3.8, 4) is 5.88 Å². The maximum atomic E-state index is 13.5. The molecule has 1 saturated carbocycles. The minimum absolute atomic E-state index is 0.0857. The highest BCUT2D eigenvalue weighted by molar-refractivity contribution is 5.97. The molecule has 2 aromatic heterocycles. The van der Waals surface area contributed by atoms with Gasteiger partial charge in [0.15, 0.2) is 5.56 Å². The van der Waals surface area contributed by atoms with Crippen molar-refractivity contribution in [2.24, 2.45) is 5.92 Å². The summed E-state index contributed by atoms with van der Waals surface area (Å²) in [6, 6.07) is 0.0857. The topological polar surface area (TPSA) is 110 Å². The molecule has 1 aliphatic carbocycles. The summed E-state index contributed by atoms with van der Waals surface area (Å²) in [6.07, 6.45) is 8.23. The summed E-state index contributed by atoms with van der Waals surface area (Å²) in [6.45, 7) is 3.40. The summed E-state index contributed by atoms with van der Waals surface area (Å²) < 4.78 is 8.44. The predicted molar refractivity (Wildman–Crippen MR) is 111 cm³/mol. The first-order valence-corrected chi connectivity index (χ1v) is 10.8. The highest BCUT2D eigenvalue weighted by atomic mass is 16.5. The van der Waals surface area contributed by atoms with E-state index < -0.39 is 17.3 Å². The number of nitrogens with one attached hydrogen (secondary N) is 2. The van der Waals surface area contributed by atoms with Crippen LogP contribution in [0.1, 0.15) is 48.0 Å². The first-order valence-electron chi connectivity index (χ1n) is 10.8. The normalized spacial score (nSPS) is 20.3. The number of carbonyl (C=O) groups is 1. The van der Waals surface area contributed by atoms with Gasteiger partial charge in [-0.05, 0) is 50.1 Å². The van der Waals surface area contributed by atoms with E-state index in [1.165, 1.54) is 4.52 Å². The molecule has 2 aromatic rings. The first kappa shape index (κ1) is 19.3. The van der Waals surface area contributed by atoms with Gasteiger partial charge in [-0.3, -0.25) is 14.2 Å².